The zero-order valence-corrected chi connectivity index (χ0v) is 12.5. The van der Waals surface area contributed by atoms with E-state index in [1.807, 2.05) is 55.5 Å². The highest BCUT2D eigenvalue weighted by molar-refractivity contribution is 5.96. The van der Waals surface area contributed by atoms with Crippen LogP contribution in [0.25, 0.3) is 0 Å². The number of benzene rings is 2. The summed E-state index contributed by atoms with van der Waals surface area (Å²) in [4.78, 5) is 12.5. The molecule has 0 bridgehead atoms. The average Bonchev–Trinajstić information content (AvgIpc) is 2.56. The maximum atomic E-state index is 12.5. The molecule has 22 heavy (non-hydrogen) atoms. The molecule has 2 aromatic carbocycles. The number of anilines is 1. The van der Waals surface area contributed by atoms with Gasteiger partial charge in [0.1, 0.15) is 13.2 Å². The Morgan fingerprint density at radius 3 is 2.55 bits per heavy atom. The fraction of sp³-hybridized carbons (Fsp3) is 0.278. The molecule has 0 spiro atoms. The first-order valence-electron chi connectivity index (χ1n) is 7.53. The minimum absolute atomic E-state index is 0.00891. The smallest absolute Gasteiger partial charge is 0.231 e. The second kappa shape index (κ2) is 6.52. The Labute approximate surface area is 130 Å². The molecule has 2 aromatic rings. The van der Waals surface area contributed by atoms with Crippen LogP contribution in [0.3, 0.4) is 0 Å². The molecule has 1 aliphatic rings. The van der Waals surface area contributed by atoms with Gasteiger partial charge in [0, 0.05) is 11.8 Å². The lowest BCUT2D eigenvalue weighted by Gasteiger charge is -2.20. The van der Waals surface area contributed by atoms with Crippen LogP contribution in [0.1, 0.15) is 24.8 Å². The first kappa shape index (κ1) is 14.4. The number of rotatable bonds is 4. The van der Waals surface area contributed by atoms with Crippen LogP contribution < -0.4 is 14.8 Å². The number of nitrogens with one attached hydrogen (secondary N) is 1. The molecule has 3 rings (SSSR count). The van der Waals surface area contributed by atoms with Crippen molar-refractivity contribution in [3.63, 3.8) is 0 Å². The molecule has 1 amide bonds. The predicted molar refractivity (Wildman–Crippen MR) is 85.5 cm³/mol. The predicted octanol–water partition coefficient (Wildman–Crippen LogP) is 3.59. The maximum Gasteiger partial charge on any atom is 0.231 e. The van der Waals surface area contributed by atoms with Crippen molar-refractivity contribution in [2.75, 3.05) is 18.5 Å². The number of fused-ring (bicyclic) bond motifs is 1. The molecule has 4 nitrogen and oxygen atoms in total. The van der Waals surface area contributed by atoms with Crippen molar-refractivity contribution >= 4 is 11.6 Å². The van der Waals surface area contributed by atoms with Gasteiger partial charge in [0.15, 0.2) is 11.5 Å². The summed E-state index contributed by atoms with van der Waals surface area (Å²) in [5.41, 5.74) is 1.75. The molecule has 0 fully saturated rings. The van der Waals surface area contributed by atoms with Crippen LogP contribution in [0, 0.1) is 0 Å². The molecule has 4 heteroatoms. The van der Waals surface area contributed by atoms with Gasteiger partial charge in [0.2, 0.25) is 5.91 Å². The van der Waals surface area contributed by atoms with Crippen molar-refractivity contribution in [1.82, 2.24) is 0 Å². The highest BCUT2D eigenvalue weighted by Gasteiger charge is 2.19. The van der Waals surface area contributed by atoms with E-state index < -0.39 is 0 Å². The highest BCUT2D eigenvalue weighted by Crippen LogP contribution is 2.33. The number of hydrogen-bond donors (Lipinski definition) is 1. The van der Waals surface area contributed by atoms with Crippen LogP contribution in [0.4, 0.5) is 5.69 Å². The van der Waals surface area contributed by atoms with Gasteiger partial charge in [0.25, 0.3) is 0 Å². The second-order valence-electron chi connectivity index (χ2n) is 5.22. The van der Waals surface area contributed by atoms with Gasteiger partial charge in [-0.3, -0.25) is 4.79 Å². The zero-order valence-electron chi connectivity index (χ0n) is 12.5. The maximum absolute atomic E-state index is 12.5. The number of hydrogen-bond acceptors (Lipinski definition) is 3. The van der Waals surface area contributed by atoms with Crippen molar-refractivity contribution in [3.05, 3.63) is 54.1 Å². The lowest BCUT2D eigenvalue weighted by molar-refractivity contribution is -0.117. The SMILES string of the molecule is CC[C@@H](C(=O)Nc1ccc2c(c1)OCCO2)c1ccccc1. The number of carbonyl (C=O) groups excluding carboxylic acids is 1. The summed E-state index contributed by atoms with van der Waals surface area (Å²) in [5.74, 6) is 1.23. The molecule has 1 N–H and O–H groups in total. The van der Waals surface area contributed by atoms with Crippen LogP contribution in [0.15, 0.2) is 48.5 Å². The molecule has 0 saturated carbocycles. The first-order chi connectivity index (χ1) is 10.8. The van der Waals surface area contributed by atoms with Gasteiger partial charge in [0.05, 0.1) is 5.92 Å². The Kier molecular flexibility index (Phi) is 4.28. The summed E-state index contributed by atoms with van der Waals surface area (Å²) < 4.78 is 11.0. The van der Waals surface area contributed by atoms with Crippen LogP contribution in [-0.4, -0.2) is 19.1 Å². The van der Waals surface area contributed by atoms with Crippen LogP contribution in [-0.2, 0) is 4.79 Å². The summed E-state index contributed by atoms with van der Waals surface area (Å²) in [6.45, 7) is 3.11. The quantitative estimate of drug-likeness (QED) is 0.938. The largest absolute Gasteiger partial charge is 0.486 e. The van der Waals surface area contributed by atoms with Crippen molar-refractivity contribution in [3.8, 4) is 11.5 Å². The Hall–Kier alpha value is -2.49. The molecule has 0 aromatic heterocycles. The Bertz CT molecular complexity index is 655. The molecule has 114 valence electrons. The summed E-state index contributed by atoms with van der Waals surface area (Å²) >= 11 is 0. The Morgan fingerprint density at radius 1 is 1.09 bits per heavy atom. The number of amides is 1. The van der Waals surface area contributed by atoms with E-state index in [0.29, 0.717) is 19.0 Å². The molecule has 0 radical (unpaired) electrons. The topological polar surface area (TPSA) is 47.6 Å². The van der Waals surface area contributed by atoms with Crippen LogP contribution in [0.2, 0.25) is 0 Å². The van der Waals surface area contributed by atoms with Gasteiger partial charge in [-0.05, 0) is 24.1 Å². The van der Waals surface area contributed by atoms with Gasteiger partial charge in [-0.25, -0.2) is 0 Å². The van der Waals surface area contributed by atoms with E-state index >= 15 is 0 Å². The van der Waals surface area contributed by atoms with E-state index in [-0.39, 0.29) is 11.8 Å². The Balaban J connectivity index is 1.76. The van der Waals surface area contributed by atoms with Crippen LogP contribution in [0.5, 0.6) is 11.5 Å². The number of carbonyl (C=O) groups is 1. The molecular weight excluding hydrogens is 278 g/mol. The minimum Gasteiger partial charge on any atom is -0.486 e. The molecule has 0 aliphatic carbocycles. The summed E-state index contributed by atoms with van der Waals surface area (Å²) in [6, 6.07) is 15.3. The van der Waals surface area contributed by atoms with E-state index in [4.69, 9.17) is 9.47 Å². The molecule has 1 atom stereocenters. The van der Waals surface area contributed by atoms with Gasteiger partial charge in [-0.2, -0.15) is 0 Å². The normalized spacial score (nSPS) is 14.2. The standard InChI is InChI=1S/C18H19NO3/c1-2-15(13-6-4-3-5-7-13)18(20)19-14-8-9-16-17(12-14)22-11-10-21-16/h3-9,12,15H,2,10-11H2,1H3,(H,19,20)/t15-/m1/s1. The molecule has 0 unspecified atom stereocenters. The molecule has 1 aliphatic heterocycles. The van der Waals surface area contributed by atoms with E-state index in [9.17, 15) is 4.79 Å². The lowest BCUT2D eigenvalue weighted by Crippen LogP contribution is -2.21. The monoisotopic (exact) mass is 297 g/mol. The third kappa shape index (κ3) is 3.06. The third-order valence-corrected chi connectivity index (χ3v) is 3.74. The van der Waals surface area contributed by atoms with E-state index in [1.54, 1.807) is 0 Å². The molecular formula is C18H19NO3. The molecule has 0 saturated heterocycles. The van der Waals surface area contributed by atoms with E-state index in [2.05, 4.69) is 5.32 Å². The first-order valence-corrected chi connectivity index (χ1v) is 7.53. The van der Waals surface area contributed by atoms with Crippen molar-refractivity contribution in [2.24, 2.45) is 0 Å². The summed E-state index contributed by atoms with van der Waals surface area (Å²) in [5, 5.41) is 2.97. The fourth-order valence-electron chi connectivity index (χ4n) is 2.61. The highest BCUT2D eigenvalue weighted by atomic mass is 16.6. The van der Waals surface area contributed by atoms with Crippen molar-refractivity contribution in [1.29, 1.82) is 0 Å². The zero-order chi connectivity index (χ0) is 15.4. The van der Waals surface area contributed by atoms with Crippen molar-refractivity contribution < 1.29 is 14.3 Å². The fourth-order valence-corrected chi connectivity index (χ4v) is 2.61. The summed E-state index contributed by atoms with van der Waals surface area (Å²) in [7, 11) is 0. The average molecular weight is 297 g/mol. The third-order valence-electron chi connectivity index (χ3n) is 3.74. The molecule has 1 heterocycles. The van der Waals surface area contributed by atoms with E-state index in [0.717, 1.165) is 23.4 Å². The minimum atomic E-state index is -0.158. The van der Waals surface area contributed by atoms with Crippen molar-refractivity contribution in [2.45, 2.75) is 19.3 Å². The van der Waals surface area contributed by atoms with Gasteiger partial charge in [-0.1, -0.05) is 37.3 Å². The Morgan fingerprint density at radius 2 is 1.82 bits per heavy atom. The lowest BCUT2D eigenvalue weighted by atomic mass is 9.95. The number of ether oxygens (including phenoxy) is 2. The van der Waals surface area contributed by atoms with Crippen LogP contribution >= 0.6 is 0 Å². The van der Waals surface area contributed by atoms with Gasteiger partial charge < -0.3 is 14.8 Å². The van der Waals surface area contributed by atoms with Gasteiger partial charge in [-0.15, -0.1) is 0 Å². The van der Waals surface area contributed by atoms with Gasteiger partial charge >= 0.3 is 0 Å². The summed E-state index contributed by atoms with van der Waals surface area (Å²) in [6.07, 6.45) is 0.750. The second-order valence-corrected chi connectivity index (χ2v) is 5.22. The van der Waals surface area contributed by atoms with E-state index in [1.165, 1.54) is 0 Å².